The first kappa shape index (κ1) is 27.0. The van der Waals surface area contributed by atoms with Gasteiger partial charge < -0.3 is 20.5 Å². The molecule has 1 aliphatic heterocycles. The van der Waals surface area contributed by atoms with Gasteiger partial charge in [-0.05, 0) is 25.3 Å². The van der Waals surface area contributed by atoms with Gasteiger partial charge in [-0.3, -0.25) is 13.9 Å². The van der Waals surface area contributed by atoms with Crippen LogP contribution in [0.25, 0.3) is 5.69 Å². The van der Waals surface area contributed by atoms with E-state index in [-0.39, 0.29) is 24.9 Å². The van der Waals surface area contributed by atoms with Gasteiger partial charge in [0.15, 0.2) is 7.37 Å². The standard InChI is InChI=1S/C15H13Cl2N3O2.C5H12NO4P/c1-2-7-22-13-9-12(10(16)8-11(13)17)20-15(21)19-6-4-3-5-14(19)18-20;1-11(9,10)3-2-4(6)5(7)8/h1,8-9H,3-7H2;4H,2-3,6H2,1H3,(H,7,8)(H,9,10). The van der Waals surface area contributed by atoms with Crippen molar-refractivity contribution in [2.45, 2.75) is 38.3 Å². The third-order valence-corrected chi connectivity index (χ3v) is 6.37. The Morgan fingerprint density at radius 3 is 2.67 bits per heavy atom. The Hall–Kier alpha value is -2.28. The molecule has 1 aromatic heterocycles. The number of nitrogens with two attached hydrogens (primary N) is 1. The lowest BCUT2D eigenvalue weighted by atomic mass is 10.2. The van der Waals surface area contributed by atoms with E-state index in [0.717, 1.165) is 25.1 Å². The highest BCUT2D eigenvalue weighted by atomic mass is 35.5. The molecule has 13 heteroatoms. The highest BCUT2D eigenvalue weighted by Crippen LogP contribution is 2.35. The van der Waals surface area contributed by atoms with Gasteiger partial charge in [0.05, 0.1) is 15.7 Å². The summed E-state index contributed by atoms with van der Waals surface area (Å²) < 4.78 is 19.0. The van der Waals surface area contributed by atoms with Gasteiger partial charge in [0.2, 0.25) is 0 Å². The molecule has 180 valence electrons. The second kappa shape index (κ2) is 11.7. The zero-order valence-electron chi connectivity index (χ0n) is 17.9. The molecular formula is C20H25Cl2N4O6P. The molecule has 0 radical (unpaired) electrons. The summed E-state index contributed by atoms with van der Waals surface area (Å²) in [5.74, 6) is 2.37. The van der Waals surface area contributed by atoms with E-state index >= 15 is 0 Å². The summed E-state index contributed by atoms with van der Waals surface area (Å²) in [6, 6.07) is 2.08. The molecular weight excluding hydrogens is 494 g/mol. The van der Waals surface area contributed by atoms with Crippen LogP contribution in [0.15, 0.2) is 16.9 Å². The average molecular weight is 519 g/mol. The van der Waals surface area contributed by atoms with Crippen LogP contribution in [0, 0.1) is 12.3 Å². The number of terminal acetylenes is 1. The van der Waals surface area contributed by atoms with E-state index in [1.54, 1.807) is 10.6 Å². The zero-order valence-corrected chi connectivity index (χ0v) is 20.3. The van der Waals surface area contributed by atoms with E-state index in [2.05, 4.69) is 11.0 Å². The number of carboxylic acid groups (broad SMARTS) is 1. The summed E-state index contributed by atoms with van der Waals surface area (Å²) in [4.78, 5) is 31.4. The van der Waals surface area contributed by atoms with Crippen LogP contribution in [0.5, 0.6) is 5.75 Å². The molecule has 0 spiro atoms. The smallest absolute Gasteiger partial charge is 0.350 e. The molecule has 2 aromatic rings. The Morgan fingerprint density at radius 1 is 1.39 bits per heavy atom. The number of nitrogens with zero attached hydrogens (tertiary/aromatic N) is 3. The van der Waals surface area contributed by atoms with Crippen LogP contribution >= 0.6 is 30.6 Å². The number of halogens is 2. The molecule has 10 nitrogen and oxygen atoms in total. The van der Waals surface area contributed by atoms with Crippen molar-refractivity contribution in [3.63, 3.8) is 0 Å². The number of carboxylic acids is 1. The van der Waals surface area contributed by atoms with Crippen molar-refractivity contribution in [3.8, 4) is 23.8 Å². The van der Waals surface area contributed by atoms with E-state index in [0.29, 0.717) is 28.0 Å². The van der Waals surface area contributed by atoms with Crippen molar-refractivity contribution in [1.29, 1.82) is 0 Å². The average Bonchev–Trinajstić information content (AvgIpc) is 3.08. The van der Waals surface area contributed by atoms with Gasteiger partial charge >= 0.3 is 11.7 Å². The Labute approximate surface area is 200 Å². The molecule has 3 rings (SSSR count). The van der Waals surface area contributed by atoms with Gasteiger partial charge in [0, 0.05) is 31.9 Å². The lowest BCUT2D eigenvalue weighted by Crippen LogP contribution is -2.30. The summed E-state index contributed by atoms with van der Waals surface area (Å²) in [6.07, 6.45) is 7.97. The van der Waals surface area contributed by atoms with Gasteiger partial charge in [-0.1, -0.05) is 29.1 Å². The van der Waals surface area contributed by atoms with E-state index in [1.807, 2.05) is 0 Å². The maximum absolute atomic E-state index is 12.5. The summed E-state index contributed by atoms with van der Waals surface area (Å²) in [5.41, 5.74) is 5.32. The van der Waals surface area contributed by atoms with Crippen LogP contribution in [-0.2, 0) is 22.3 Å². The number of hydrogen-bond donors (Lipinski definition) is 3. The Kier molecular flexibility index (Phi) is 9.58. The molecule has 33 heavy (non-hydrogen) atoms. The lowest BCUT2D eigenvalue weighted by molar-refractivity contribution is -0.138. The second-order valence-electron chi connectivity index (χ2n) is 7.45. The van der Waals surface area contributed by atoms with Crippen LogP contribution in [0.2, 0.25) is 10.0 Å². The maximum atomic E-state index is 12.5. The van der Waals surface area contributed by atoms with E-state index in [4.69, 9.17) is 50.1 Å². The summed E-state index contributed by atoms with van der Waals surface area (Å²) in [7, 11) is -3.10. The molecule has 2 unspecified atom stereocenters. The highest BCUT2D eigenvalue weighted by Gasteiger charge is 2.20. The summed E-state index contributed by atoms with van der Waals surface area (Å²) in [6.45, 7) is 1.94. The van der Waals surface area contributed by atoms with Crippen LogP contribution < -0.4 is 16.2 Å². The van der Waals surface area contributed by atoms with Gasteiger partial charge in [0.25, 0.3) is 0 Å². The molecule has 0 aliphatic carbocycles. The van der Waals surface area contributed by atoms with Gasteiger partial charge in [-0.25, -0.2) is 4.79 Å². The fourth-order valence-electron chi connectivity index (χ4n) is 2.97. The number of ether oxygens (including phenoxy) is 1. The van der Waals surface area contributed by atoms with Crippen molar-refractivity contribution in [3.05, 3.63) is 38.5 Å². The normalized spacial score (nSPS) is 15.3. The Morgan fingerprint density at radius 2 is 2.09 bits per heavy atom. The van der Waals surface area contributed by atoms with Crippen LogP contribution in [0.1, 0.15) is 25.1 Å². The minimum atomic E-state index is -3.10. The second-order valence-corrected chi connectivity index (χ2v) is 10.8. The first-order chi connectivity index (χ1) is 15.4. The molecule has 0 saturated heterocycles. The Balaban J connectivity index is 0.000000299. The molecule has 1 aliphatic rings. The molecule has 0 fully saturated rings. The Bertz CT molecular complexity index is 1150. The summed E-state index contributed by atoms with van der Waals surface area (Å²) in [5, 5.41) is 13.3. The highest BCUT2D eigenvalue weighted by molar-refractivity contribution is 7.57. The van der Waals surface area contributed by atoms with Crippen molar-refractivity contribution in [2.24, 2.45) is 5.73 Å². The van der Waals surface area contributed by atoms with Crippen molar-refractivity contribution < 1.29 is 24.1 Å². The molecule has 2 atom stereocenters. The predicted molar refractivity (Wildman–Crippen MR) is 126 cm³/mol. The monoisotopic (exact) mass is 518 g/mol. The zero-order chi connectivity index (χ0) is 24.8. The number of hydrogen-bond acceptors (Lipinski definition) is 6. The predicted octanol–water partition coefficient (Wildman–Crippen LogP) is 2.38. The third-order valence-electron chi connectivity index (χ3n) is 4.68. The topological polar surface area (TPSA) is 150 Å². The first-order valence-electron chi connectivity index (χ1n) is 9.96. The van der Waals surface area contributed by atoms with Crippen LogP contribution in [0.4, 0.5) is 0 Å². The fraction of sp³-hybridized carbons (Fsp3) is 0.450. The van der Waals surface area contributed by atoms with Crippen LogP contribution in [0.3, 0.4) is 0 Å². The van der Waals surface area contributed by atoms with Crippen molar-refractivity contribution in [2.75, 3.05) is 19.4 Å². The van der Waals surface area contributed by atoms with E-state index in [9.17, 15) is 14.2 Å². The van der Waals surface area contributed by atoms with Crippen LogP contribution in [-0.4, -0.2) is 55.8 Å². The number of carbonyl (C=O) groups is 1. The molecule has 2 heterocycles. The fourth-order valence-corrected chi connectivity index (χ4v) is 4.24. The van der Waals surface area contributed by atoms with Gasteiger partial charge in [0.1, 0.15) is 24.2 Å². The minimum absolute atomic E-state index is 0.0412. The van der Waals surface area contributed by atoms with Gasteiger partial charge in [-0.15, -0.1) is 11.5 Å². The summed E-state index contributed by atoms with van der Waals surface area (Å²) >= 11 is 12.3. The quantitative estimate of drug-likeness (QED) is 0.373. The first-order valence-corrected chi connectivity index (χ1v) is 13.0. The SMILES string of the molecule is C#CCOc1cc(-n2nc3n(c2=O)CCCC3)c(Cl)cc1Cl.CP(=O)(O)CCC(N)C(=O)O. The van der Waals surface area contributed by atoms with E-state index < -0.39 is 19.4 Å². The largest absolute Gasteiger partial charge is 0.480 e. The van der Waals surface area contributed by atoms with Gasteiger partial charge in [-0.2, -0.15) is 4.68 Å². The minimum Gasteiger partial charge on any atom is -0.480 e. The lowest BCUT2D eigenvalue weighted by Gasteiger charge is -2.09. The number of rotatable bonds is 7. The van der Waals surface area contributed by atoms with Crippen molar-refractivity contribution in [1.82, 2.24) is 14.3 Å². The number of aromatic nitrogens is 3. The molecule has 0 saturated carbocycles. The number of fused-ring (bicyclic) bond motifs is 1. The molecule has 0 amide bonds. The number of aryl methyl sites for hydroxylation is 1. The van der Waals surface area contributed by atoms with Crippen molar-refractivity contribution >= 4 is 36.5 Å². The molecule has 4 N–H and O–H groups in total. The maximum Gasteiger partial charge on any atom is 0.350 e. The molecule has 1 aromatic carbocycles. The molecule has 0 bridgehead atoms. The number of aliphatic carboxylic acids is 1. The number of benzene rings is 1. The third kappa shape index (κ3) is 7.63. The van der Waals surface area contributed by atoms with E-state index in [1.165, 1.54) is 17.4 Å².